The third kappa shape index (κ3) is 5.80. The lowest BCUT2D eigenvalue weighted by Gasteiger charge is -2.28. The van der Waals surface area contributed by atoms with Crippen molar-refractivity contribution in [1.29, 1.82) is 0 Å². The maximum Gasteiger partial charge on any atom is 0.260 e. The van der Waals surface area contributed by atoms with Crippen LogP contribution in [0.3, 0.4) is 0 Å². The summed E-state index contributed by atoms with van der Waals surface area (Å²) >= 11 is 1.68. The number of thioether (sulfide) groups is 1. The molecule has 2 aromatic carbocycles. The zero-order valence-corrected chi connectivity index (χ0v) is 19.8. The quantitative estimate of drug-likeness (QED) is 0.431. The maximum atomic E-state index is 13.7. The number of methoxy groups -OCH3 is 1. The lowest BCUT2D eigenvalue weighted by atomic mass is 10.0. The number of likely N-dealkylation sites (N-methyl/N-ethyl adjacent to an activating group) is 1. The van der Waals surface area contributed by atoms with Gasteiger partial charge < -0.3 is 14.5 Å². The van der Waals surface area contributed by atoms with Gasteiger partial charge in [-0.1, -0.05) is 18.2 Å². The van der Waals surface area contributed by atoms with E-state index in [0.29, 0.717) is 19.6 Å². The first-order valence-corrected chi connectivity index (χ1v) is 11.5. The van der Waals surface area contributed by atoms with Gasteiger partial charge in [0.2, 0.25) is 0 Å². The maximum absolute atomic E-state index is 13.7. The van der Waals surface area contributed by atoms with Gasteiger partial charge in [0.1, 0.15) is 5.75 Å². The van der Waals surface area contributed by atoms with E-state index in [4.69, 9.17) is 14.5 Å². The molecule has 0 aromatic heterocycles. The van der Waals surface area contributed by atoms with Crippen molar-refractivity contribution in [3.63, 3.8) is 0 Å². The van der Waals surface area contributed by atoms with Crippen LogP contribution in [0, 0.1) is 6.92 Å². The molecule has 0 fully saturated rings. The Kier molecular flexibility index (Phi) is 8.37. The van der Waals surface area contributed by atoms with E-state index < -0.39 is 6.10 Å². The van der Waals surface area contributed by atoms with E-state index >= 15 is 0 Å². The average molecular weight is 445 g/mol. The van der Waals surface area contributed by atoms with Crippen LogP contribution < -0.4 is 9.64 Å². The van der Waals surface area contributed by atoms with Crippen molar-refractivity contribution in [2.45, 2.75) is 36.5 Å². The Balaban J connectivity index is 1.96. The minimum absolute atomic E-state index is 0.0658. The number of carbonyl (C=O) groups excluding carboxylic acids is 1. The van der Waals surface area contributed by atoms with Crippen molar-refractivity contribution in [3.05, 3.63) is 53.6 Å². The van der Waals surface area contributed by atoms with Crippen LogP contribution >= 0.6 is 11.8 Å². The zero-order valence-electron chi connectivity index (χ0n) is 19.0. The van der Waals surface area contributed by atoms with E-state index in [1.54, 1.807) is 18.9 Å². The minimum Gasteiger partial charge on any atom is -0.497 e. The van der Waals surface area contributed by atoms with Crippen LogP contribution in [0.5, 0.6) is 5.75 Å². The Morgan fingerprint density at radius 3 is 2.61 bits per heavy atom. The van der Waals surface area contributed by atoms with Crippen molar-refractivity contribution in [2.24, 2.45) is 0 Å². The lowest BCUT2D eigenvalue weighted by Crippen LogP contribution is -2.47. The van der Waals surface area contributed by atoms with E-state index in [9.17, 15) is 4.79 Å². The molecule has 2 aromatic rings. The average Bonchev–Trinajstić information content (AvgIpc) is 2.86. The molecule has 7 heteroatoms. The largest absolute Gasteiger partial charge is 0.497 e. The Hall–Kier alpha value is -2.06. The molecule has 2 unspecified atom stereocenters. The highest BCUT2D eigenvalue weighted by Crippen LogP contribution is 2.40. The molecule has 0 saturated heterocycles. The summed E-state index contributed by atoms with van der Waals surface area (Å²) in [5, 5.41) is -0.128. The number of hydrogen-bond acceptors (Lipinski definition) is 6. The number of benzene rings is 2. The zero-order chi connectivity index (χ0) is 22.4. The number of aryl methyl sites for hydroxylation is 1. The van der Waals surface area contributed by atoms with E-state index in [1.165, 1.54) is 0 Å². The van der Waals surface area contributed by atoms with Gasteiger partial charge in [-0.2, -0.15) is 0 Å². The number of fused-ring (bicyclic) bond motifs is 1. The number of ether oxygens (including phenoxy) is 1. The predicted molar refractivity (Wildman–Crippen MR) is 125 cm³/mol. The van der Waals surface area contributed by atoms with Gasteiger partial charge in [0, 0.05) is 18.0 Å². The topological polar surface area (TPSA) is 51.2 Å². The number of nitrogens with zero attached hydrogens (tertiary/aromatic N) is 2. The van der Waals surface area contributed by atoms with Crippen LogP contribution in [-0.4, -0.2) is 63.1 Å². The number of carbonyl (C=O) groups is 1. The molecule has 0 aliphatic carbocycles. The molecule has 6 nitrogen and oxygen atoms in total. The van der Waals surface area contributed by atoms with Gasteiger partial charge in [0.05, 0.1) is 24.7 Å². The van der Waals surface area contributed by atoms with Crippen molar-refractivity contribution in [3.8, 4) is 5.75 Å². The minimum atomic E-state index is -0.707. The fraction of sp³-hybridized carbons (Fsp3) is 0.458. The van der Waals surface area contributed by atoms with Gasteiger partial charge >= 0.3 is 0 Å². The lowest BCUT2D eigenvalue weighted by molar-refractivity contribution is -0.312. The van der Waals surface area contributed by atoms with Gasteiger partial charge in [-0.15, -0.1) is 11.8 Å². The molecule has 2 atom stereocenters. The van der Waals surface area contributed by atoms with E-state index in [0.717, 1.165) is 34.0 Å². The normalized spacial score (nSPS) is 18.8. The van der Waals surface area contributed by atoms with Gasteiger partial charge in [-0.25, -0.2) is 9.78 Å². The highest BCUT2D eigenvalue weighted by atomic mass is 32.2. The molecular weight excluding hydrogens is 412 g/mol. The number of hydrogen-bond donors (Lipinski definition) is 0. The Bertz CT molecular complexity index is 890. The predicted octanol–water partition coefficient (Wildman–Crippen LogP) is 3.95. The molecule has 0 N–H and O–H groups in total. The number of amides is 1. The summed E-state index contributed by atoms with van der Waals surface area (Å²) < 4.78 is 5.34. The van der Waals surface area contributed by atoms with Crippen molar-refractivity contribution >= 4 is 23.4 Å². The molecule has 0 radical (unpaired) electrons. The van der Waals surface area contributed by atoms with E-state index in [-0.39, 0.29) is 11.2 Å². The van der Waals surface area contributed by atoms with Crippen LogP contribution in [0.2, 0.25) is 0 Å². The van der Waals surface area contributed by atoms with Gasteiger partial charge in [-0.05, 0) is 69.8 Å². The van der Waals surface area contributed by atoms with Crippen molar-refractivity contribution in [1.82, 2.24) is 4.90 Å². The number of para-hydroxylation sites is 1. The van der Waals surface area contributed by atoms with E-state index in [1.807, 2.05) is 56.3 Å². The molecule has 0 bridgehead atoms. The highest BCUT2D eigenvalue weighted by Gasteiger charge is 2.39. The van der Waals surface area contributed by atoms with Crippen LogP contribution in [0.1, 0.15) is 18.1 Å². The molecule has 1 aliphatic rings. The molecule has 1 aliphatic heterocycles. The first-order valence-electron chi connectivity index (χ1n) is 10.6. The van der Waals surface area contributed by atoms with Crippen LogP contribution in [0.25, 0.3) is 0 Å². The number of anilines is 1. The number of rotatable bonds is 9. The Morgan fingerprint density at radius 2 is 1.94 bits per heavy atom. The monoisotopic (exact) mass is 444 g/mol. The summed E-state index contributed by atoms with van der Waals surface area (Å²) in [5.74, 6) is 0.761. The SMILES string of the molecule is CCOOC1C(=O)N(CCN(C)C)c2ccccc2SC1Cc1ccc(OC)cc1C. The van der Waals surface area contributed by atoms with Crippen molar-refractivity contribution in [2.75, 3.05) is 45.8 Å². The van der Waals surface area contributed by atoms with Gasteiger partial charge in [0.25, 0.3) is 5.91 Å². The molecule has 0 saturated carbocycles. The molecule has 1 heterocycles. The third-order valence-electron chi connectivity index (χ3n) is 5.31. The van der Waals surface area contributed by atoms with Crippen LogP contribution in [0.15, 0.2) is 47.4 Å². The fourth-order valence-corrected chi connectivity index (χ4v) is 4.93. The summed E-state index contributed by atoms with van der Waals surface area (Å²) in [5.41, 5.74) is 3.22. The Morgan fingerprint density at radius 1 is 1.16 bits per heavy atom. The first kappa shape index (κ1) is 23.6. The molecule has 168 valence electrons. The summed E-state index contributed by atoms with van der Waals surface area (Å²) in [6.07, 6.45) is -0.0270. The summed E-state index contributed by atoms with van der Waals surface area (Å²) in [4.78, 5) is 29.7. The standard InChI is InChI=1S/C24H32N2O4S/c1-6-29-30-23-22(16-18-11-12-19(28-5)15-17(18)2)31-21-10-8-7-9-20(21)26(24(23)27)14-13-25(3)4/h7-12,15,22-23H,6,13-14,16H2,1-5H3. The first-order chi connectivity index (χ1) is 14.9. The van der Waals surface area contributed by atoms with Gasteiger partial charge in [0.15, 0.2) is 6.10 Å². The van der Waals surface area contributed by atoms with E-state index in [2.05, 4.69) is 24.0 Å². The molecule has 31 heavy (non-hydrogen) atoms. The fourth-order valence-electron chi connectivity index (χ4n) is 3.60. The smallest absolute Gasteiger partial charge is 0.260 e. The van der Waals surface area contributed by atoms with Crippen molar-refractivity contribution < 1.29 is 19.3 Å². The molecule has 3 rings (SSSR count). The Labute approximate surface area is 189 Å². The molecule has 0 spiro atoms. The van der Waals surface area contributed by atoms with Gasteiger partial charge in [-0.3, -0.25) is 4.79 Å². The summed E-state index contributed by atoms with van der Waals surface area (Å²) in [7, 11) is 5.68. The highest BCUT2D eigenvalue weighted by molar-refractivity contribution is 8.00. The van der Waals surface area contributed by atoms with Crippen LogP contribution in [0.4, 0.5) is 5.69 Å². The third-order valence-corrected chi connectivity index (χ3v) is 6.63. The summed E-state index contributed by atoms with van der Waals surface area (Å²) in [6, 6.07) is 14.1. The second-order valence-corrected chi connectivity index (χ2v) is 9.12. The molecular formula is C24H32N2O4S. The van der Waals surface area contributed by atoms with Crippen LogP contribution in [-0.2, 0) is 21.0 Å². The second kappa shape index (κ2) is 11.0. The summed E-state index contributed by atoms with van der Waals surface area (Å²) in [6.45, 7) is 5.65. The second-order valence-electron chi connectivity index (χ2n) is 7.84. The molecule has 1 amide bonds.